The molecule has 12 atom stereocenters. The maximum Gasteiger partial charge on any atom is 0.338 e. The highest BCUT2D eigenvalue weighted by molar-refractivity contribution is 5.91. The van der Waals surface area contributed by atoms with Gasteiger partial charge < -0.3 is 33.9 Å². The SMILES string of the molecule is CC(=O)O[C@@H]1[C@H]2[C@@H](OC(=O)c3ccccc3)[C@@H](C)C[C@]2(O)[C@H](OC(C)=O)[C@]2(C)[C@@H]3[C@@H](C[C@@]1(O)[C@@H]2OC(C)=O)C(=O)C(C)(C)[C@H]3OC(C)=O. The number of aliphatic hydroxyl groups is 2. The zero-order valence-electron chi connectivity index (χ0n) is 28.4. The summed E-state index contributed by atoms with van der Waals surface area (Å²) in [7, 11) is 0. The lowest BCUT2D eigenvalue weighted by atomic mass is 9.53. The van der Waals surface area contributed by atoms with Gasteiger partial charge >= 0.3 is 29.8 Å². The van der Waals surface area contributed by atoms with Crippen LogP contribution in [-0.2, 0) is 47.7 Å². The number of ether oxygens (including phenoxy) is 5. The van der Waals surface area contributed by atoms with Crippen LogP contribution in [0, 0.1) is 34.5 Å². The zero-order valence-corrected chi connectivity index (χ0v) is 28.4. The third-order valence-corrected chi connectivity index (χ3v) is 11.1. The van der Waals surface area contributed by atoms with Crippen LogP contribution >= 0.6 is 0 Å². The Hall–Kier alpha value is -3.84. The Labute approximate surface area is 278 Å². The van der Waals surface area contributed by atoms with Gasteiger partial charge in [0, 0.05) is 39.5 Å². The standard InChI is InChI=1S/C35H44O13/c1-16-14-34(42)24(25(16)48-29(41)21-12-10-9-11-13-21)28(45-18(3)37)35(43)15-22-23(27(44-17(2)36)32(6,7)26(22)40)33(8,30(34)46-19(4)38)31(35)47-20(5)39/h9-13,16,22-25,27-28,30-31,42-43H,14-15H2,1-8H3/t16-,22+,23+,24+,25-,27-,28+,30+,31+,33-,34+,35-/m0/s1. The van der Waals surface area contributed by atoms with Gasteiger partial charge in [-0.2, -0.15) is 0 Å². The van der Waals surface area contributed by atoms with Crippen LogP contribution in [0.5, 0.6) is 0 Å². The average Bonchev–Trinajstić information content (AvgIpc) is 3.32. The van der Waals surface area contributed by atoms with E-state index in [1.807, 2.05) is 0 Å². The molecular weight excluding hydrogens is 628 g/mol. The van der Waals surface area contributed by atoms with E-state index in [9.17, 15) is 39.0 Å². The van der Waals surface area contributed by atoms with Gasteiger partial charge in [0.2, 0.25) is 0 Å². The highest BCUT2D eigenvalue weighted by Crippen LogP contribution is 2.68. The van der Waals surface area contributed by atoms with Crippen LogP contribution in [0.3, 0.4) is 0 Å². The van der Waals surface area contributed by atoms with E-state index in [-0.39, 0.29) is 12.0 Å². The van der Waals surface area contributed by atoms with E-state index in [0.29, 0.717) is 0 Å². The van der Waals surface area contributed by atoms with Gasteiger partial charge in [0.15, 0.2) is 0 Å². The van der Waals surface area contributed by atoms with Crippen molar-refractivity contribution < 1.29 is 62.7 Å². The molecule has 4 aliphatic rings. The number of hydrogen-bond acceptors (Lipinski definition) is 13. The van der Waals surface area contributed by atoms with Gasteiger partial charge in [-0.05, 0) is 44.7 Å². The summed E-state index contributed by atoms with van der Waals surface area (Å²) in [6, 6.07) is 8.07. The minimum absolute atomic E-state index is 0.189. The molecule has 1 aromatic rings. The first-order chi connectivity index (χ1) is 22.2. The first kappa shape index (κ1) is 35.5. The topological polar surface area (TPSA) is 189 Å². The van der Waals surface area contributed by atoms with Crippen LogP contribution in [-0.4, -0.2) is 87.6 Å². The second kappa shape index (κ2) is 11.9. The molecule has 4 saturated carbocycles. The van der Waals surface area contributed by atoms with Crippen LogP contribution < -0.4 is 0 Å². The third kappa shape index (κ3) is 5.29. The summed E-state index contributed by atoms with van der Waals surface area (Å²) in [4.78, 5) is 78.9. The summed E-state index contributed by atoms with van der Waals surface area (Å²) in [5.74, 6) is -8.72. The van der Waals surface area contributed by atoms with Gasteiger partial charge in [0.1, 0.15) is 47.5 Å². The number of rotatable bonds is 6. The van der Waals surface area contributed by atoms with Crippen molar-refractivity contribution in [3.63, 3.8) is 0 Å². The monoisotopic (exact) mass is 672 g/mol. The minimum Gasteiger partial charge on any atom is -0.461 e. The maximum atomic E-state index is 14.3. The van der Waals surface area contributed by atoms with E-state index in [2.05, 4.69) is 0 Å². The van der Waals surface area contributed by atoms with Crippen LogP contribution in [0.4, 0.5) is 0 Å². The Morgan fingerprint density at radius 2 is 1.19 bits per heavy atom. The molecule has 13 nitrogen and oxygen atoms in total. The molecule has 262 valence electrons. The van der Waals surface area contributed by atoms with Crippen LogP contribution in [0.25, 0.3) is 0 Å². The molecule has 1 aromatic carbocycles. The van der Waals surface area contributed by atoms with Crippen LogP contribution in [0.2, 0.25) is 0 Å². The van der Waals surface area contributed by atoms with E-state index in [1.165, 1.54) is 26.0 Å². The fourth-order valence-electron chi connectivity index (χ4n) is 9.64. The summed E-state index contributed by atoms with van der Waals surface area (Å²) in [5, 5.41) is 26.1. The molecule has 13 heteroatoms. The number of carbonyl (C=O) groups is 6. The lowest BCUT2D eigenvalue weighted by Crippen LogP contribution is -2.70. The lowest BCUT2D eigenvalue weighted by Gasteiger charge is -2.57. The molecule has 0 saturated heterocycles. The number of fused-ring (bicyclic) bond motifs is 5. The van der Waals surface area contributed by atoms with Crippen LogP contribution in [0.1, 0.15) is 78.6 Å². The molecular formula is C35H44O13. The van der Waals surface area contributed by atoms with E-state index in [0.717, 1.165) is 20.8 Å². The summed E-state index contributed by atoms with van der Waals surface area (Å²) < 4.78 is 29.7. The quantitative estimate of drug-likeness (QED) is 0.331. The molecule has 0 heterocycles. The fraction of sp³-hybridized carbons (Fsp3) is 0.657. The van der Waals surface area contributed by atoms with E-state index in [4.69, 9.17) is 23.7 Å². The second-order valence-corrected chi connectivity index (χ2v) is 14.8. The molecule has 0 aliphatic heterocycles. The van der Waals surface area contributed by atoms with Gasteiger partial charge in [-0.3, -0.25) is 24.0 Å². The highest BCUT2D eigenvalue weighted by Gasteiger charge is 2.82. The molecule has 2 N–H and O–H groups in total. The van der Waals surface area contributed by atoms with Gasteiger partial charge in [0.25, 0.3) is 0 Å². The molecule has 48 heavy (non-hydrogen) atoms. The summed E-state index contributed by atoms with van der Waals surface area (Å²) in [5.41, 5.74) is -7.60. The molecule has 0 amide bonds. The number of esters is 5. The van der Waals surface area contributed by atoms with Crippen molar-refractivity contribution in [3.8, 4) is 0 Å². The molecule has 4 aliphatic carbocycles. The molecule has 2 bridgehead atoms. The smallest absolute Gasteiger partial charge is 0.338 e. The van der Waals surface area contributed by atoms with Gasteiger partial charge in [-0.15, -0.1) is 0 Å². The van der Waals surface area contributed by atoms with Crippen LogP contribution in [0.15, 0.2) is 30.3 Å². The zero-order chi connectivity index (χ0) is 35.7. The van der Waals surface area contributed by atoms with Gasteiger partial charge in [-0.25, -0.2) is 4.79 Å². The van der Waals surface area contributed by atoms with Crippen molar-refractivity contribution >= 4 is 35.6 Å². The Kier molecular flexibility index (Phi) is 8.82. The van der Waals surface area contributed by atoms with Gasteiger partial charge in [-0.1, -0.05) is 32.0 Å². The Morgan fingerprint density at radius 3 is 1.71 bits per heavy atom. The maximum absolute atomic E-state index is 14.3. The number of ketones is 1. The van der Waals surface area contributed by atoms with Crippen molar-refractivity contribution in [2.75, 3.05) is 0 Å². The Bertz CT molecular complexity index is 1520. The first-order valence-corrected chi connectivity index (χ1v) is 16.1. The third-order valence-electron chi connectivity index (χ3n) is 11.1. The predicted octanol–water partition coefficient (Wildman–Crippen LogP) is 2.32. The second-order valence-electron chi connectivity index (χ2n) is 14.8. The van der Waals surface area contributed by atoms with Crippen molar-refractivity contribution in [2.24, 2.45) is 34.5 Å². The molecule has 0 unspecified atom stereocenters. The fourth-order valence-corrected chi connectivity index (χ4v) is 9.64. The summed E-state index contributed by atoms with van der Waals surface area (Å²) in [6.07, 6.45) is -8.14. The van der Waals surface area contributed by atoms with Crippen molar-refractivity contribution in [3.05, 3.63) is 35.9 Å². The van der Waals surface area contributed by atoms with Crippen molar-refractivity contribution in [2.45, 2.75) is 110 Å². The van der Waals surface area contributed by atoms with Crippen molar-refractivity contribution in [1.29, 1.82) is 0 Å². The molecule has 0 spiro atoms. The number of carbonyl (C=O) groups excluding carboxylic acids is 6. The molecule has 5 rings (SSSR count). The van der Waals surface area contributed by atoms with E-state index < -0.39 is 118 Å². The van der Waals surface area contributed by atoms with Crippen molar-refractivity contribution in [1.82, 2.24) is 0 Å². The average molecular weight is 673 g/mol. The summed E-state index contributed by atoms with van der Waals surface area (Å²) in [6.45, 7) is 10.9. The molecule has 0 radical (unpaired) electrons. The summed E-state index contributed by atoms with van der Waals surface area (Å²) >= 11 is 0. The molecule has 4 fully saturated rings. The molecule has 0 aromatic heterocycles. The number of benzene rings is 1. The first-order valence-electron chi connectivity index (χ1n) is 16.1. The highest BCUT2D eigenvalue weighted by atomic mass is 16.6. The minimum atomic E-state index is -2.40. The lowest BCUT2D eigenvalue weighted by molar-refractivity contribution is -0.270. The predicted molar refractivity (Wildman–Crippen MR) is 164 cm³/mol. The largest absolute Gasteiger partial charge is 0.461 e. The number of Topliss-reactive ketones (excluding diaryl/α,β-unsaturated/α-hetero) is 1. The van der Waals surface area contributed by atoms with E-state index in [1.54, 1.807) is 39.0 Å². The number of hydrogen-bond donors (Lipinski definition) is 2. The Morgan fingerprint density at radius 1 is 0.688 bits per heavy atom. The van der Waals surface area contributed by atoms with E-state index >= 15 is 0 Å². The normalized spacial score (nSPS) is 40.8. The Balaban J connectivity index is 1.82. The van der Waals surface area contributed by atoms with Gasteiger partial charge in [0.05, 0.1) is 22.3 Å².